The van der Waals surface area contributed by atoms with Crippen molar-refractivity contribution in [2.24, 2.45) is 0 Å². The zero-order chi connectivity index (χ0) is 19.5. The first-order valence-corrected chi connectivity index (χ1v) is 9.58. The topological polar surface area (TPSA) is 89.1 Å². The Balaban J connectivity index is 1.33. The summed E-state index contributed by atoms with van der Waals surface area (Å²) in [5, 5.41) is 10.0. The van der Waals surface area contributed by atoms with Crippen LogP contribution in [0.2, 0.25) is 0 Å². The Morgan fingerprint density at radius 1 is 1.29 bits per heavy atom. The number of carbonyl (C=O) groups excluding carboxylic acids is 1. The second-order valence-corrected chi connectivity index (χ2v) is 7.08. The molecule has 0 saturated heterocycles. The second kappa shape index (κ2) is 7.89. The Bertz CT molecular complexity index is 1010. The summed E-state index contributed by atoms with van der Waals surface area (Å²) < 4.78 is 24.5. The van der Waals surface area contributed by atoms with Gasteiger partial charge in [0.25, 0.3) is 0 Å². The highest BCUT2D eigenvalue weighted by Gasteiger charge is 2.17. The van der Waals surface area contributed by atoms with Crippen LogP contribution in [0.15, 0.2) is 47.6 Å². The molecule has 0 bridgehead atoms. The molecule has 0 fully saturated rings. The highest BCUT2D eigenvalue weighted by molar-refractivity contribution is 7.99. The number of hydrogen-bond acceptors (Lipinski definition) is 6. The van der Waals surface area contributed by atoms with E-state index in [0.717, 1.165) is 5.56 Å². The van der Waals surface area contributed by atoms with Gasteiger partial charge in [-0.05, 0) is 36.8 Å². The fourth-order valence-electron chi connectivity index (χ4n) is 2.76. The predicted molar refractivity (Wildman–Crippen MR) is 102 cm³/mol. The highest BCUT2D eigenvalue weighted by Crippen LogP contribution is 2.34. The number of amides is 1. The third-order valence-electron chi connectivity index (χ3n) is 4.20. The number of fused-ring (bicyclic) bond motifs is 1. The van der Waals surface area contributed by atoms with Gasteiger partial charge < -0.3 is 14.8 Å². The molecule has 2 N–H and O–H groups in total. The van der Waals surface area contributed by atoms with Crippen molar-refractivity contribution in [3.8, 4) is 22.9 Å². The molecular weight excluding hydrogens is 383 g/mol. The van der Waals surface area contributed by atoms with Gasteiger partial charge in [-0.3, -0.25) is 9.89 Å². The minimum absolute atomic E-state index is 0.142. The number of nitrogens with zero attached hydrogens (tertiary/aromatic N) is 2. The van der Waals surface area contributed by atoms with Crippen molar-refractivity contribution in [3.05, 3.63) is 53.8 Å². The number of nitrogens with one attached hydrogen (secondary N) is 2. The monoisotopic (exact) mass is 400 g/mol. The Morgan fingerprint density at radius 2 is 2.11 bits per heavy atom. The molecule has 0 saturated carbocycles. The maximum absolute atomic E-state index is 13.8. The minimum Gasteiger partial charge on any atom is -0.454 e. The number of hydrogen-bond donors (Lipinski definition) is 2. The molecule has 0 aliphatic carbocycles. The molecular formula is C19H17FN4O3S. The van der Waals surface area contributed by atoms with Crippen LogP contribution in [-0.2, 0) is 4.79 Å². The van der Waals surface area contributed by atoms with Crippen LogP contribution in [0, 0.1) is 5.82 Å². The first kappa shape index (κ1) is 18.3. The van der Waals surface area contributed by atoms with Crippen LogP contribution in [-0.4, -0.2) is 33.6 Å². The molecule has 28 heavy (non-hydrogen) atoms. The van der Waals surface area contributed by atoms with Gasteiger partial charge in [0.15, 0.2) is 17.3 Å². The average molecular weight is 400 g/mol. The molecule has 0 unspecified atom stereocenters. The third kappa shape index (κ3) is 3.94. The lowest BCUT2D eigenvalue weighted by Gasteiger charge is -2.14. The standard InChI is InChI=1S/C19H17FN4O3S/c1-11(12-6-7-15-16(8-12)27-10-26-15)21-17(25)9-28-19-22-18(23-24-19)13-4-2-3-5-14(13)20/h2-8,11H,9-10H2,1H3,(H,21,25)(H,22,23,24)/t11-/m1/s1. The van der Waals surface area contributed by atoms with E-state index in [4.69, 9.17) is 9.47 Å². The third-order valence-corrected chi connectivity index (χ3v) is 5.05. The lowest BCUT2D eigenvalue weighted by molar-refractivity contribution is -0.119. The van der Waals surface area contributed by atoms with Crippen molar-refractivity contribution in [3.63, 3.8) is 0 Å². The van der Waals surface area contributed by atoms with Gasteiger partial charge in [-0.2, -0.15) is 0 Å². The quantitative estimate of drug-likeness (QED) is 0.617. The van der Waals surface area contributed by atoms with Crippen LogP contribution in [0.25, 0.3) is 11.4 Å². The van der Waals surface area contributed by atoms with Crippen molar-refractivity contribution in [1.29, 1.82) is 0 Å². The lowest BCUT2D eigenvalue weighted by Crippen LogP contribution is -2.28. The average Bonchev–Trinajstić information content (AvgIpc) is 3.35. The fourth-order valence-corrected chi connectivity index (χ4v) is 3.37. The van der Waals surface area contributed by atoms with Crippen molar-refractivity contribution < 1.29 is 18.7 Å². The lowest BCUT2D eigenvalue weighted by atomic mass is 10.1. The number of halogens is 1. The van der Waals surface area contributed by atoms with E-state index in [2.05, 4.69) is 20.5 Å². The number of benzene rings is 2. The first-order chi connectivity index (χ1) is 13.6. The van der Waals surface area contributed by atoms with E-state index >= 15 is 0 Å². The van der Waals surface area contributed by atoms with E-state index in [1.165, 1.54) is 17.8 Å². The van der Waals surface area contributed by atoms with Crippen LogP contribution >= 0.6 is 11.8 Å². The van der Waals surface area contributed by atoms with Gasteiger partial charge >= 0.3 is 0 Å². The van der Waals surface area contributed by atoms with Crippen molar-refractivity contribution in [2.45, 2.75) is 18.1 Å². The Hall–Kier alpha value is -3.07. The smallest absolute Gasteiger partial charge is 0.231 e. The normalized spacial score (nSPS) is 13.4. The van der Waals surface area contributed by atoms with Gasteiger partial charge in [0, 0.05) is 0 Å². The van der Waals surface area contributed by atoms with Gasteiger partial charge in [0.1, 0.15) is 5.82 Å². The number of rotatable bonds is 6. The maximum Gasteiger partial charge on any atom is 0.231 e. The fraction of sp³-hybridized carbons (Fsp3) is 0.211. The first-order valence-electron chi connectivity index (χ1n) is 8.59. The number of carbonyl (C=O) groups is 1. The van der Waals surface area contributed by atoms with Gasteiger partial charge in [0.2, 0.25) is 17.9 Å². The van der Waals surface area contributed by atoms with Crippen LogP contribution in [0.5, 0.6) is 11.5 Å². The summed E-state index contributed by atoms with van der Waals surface area (Å²) in [6.45, 7) is 2.10. The van der Waals surface area contributed by atoms with Crippen LogP contribution in [0.4, 0.5) is 4.39 Å². The van der Waals surface area contributed by atoms with E-state index in [1.807, 2.05) is 25.1 Å². The number of thioether (sulfide) groups is 1. The largest absolute Gasteiger partial charge is 0.454 e. The van der Waals surface area contributed by atoms with E-state index in [-0.39, 0.29) is 30.3 Å². The second-order valence-electron chi connectivity index (χ2n) is 6.14. The van der Waals surface area contributed by atoms with Gasteiger partial charge in [-0.15, -0.1) is 5.10 Å². The summed E-state index contributed by atoms with van der Waals surface area (Å²) >= 11 is 1.17. The Kier molecular flexibility index (Phi) is 5.16. The van der Waals surface area contributed by atoms with E-state index in [1.54, 1.807) is 18.2 Å². The summed E-state index contributed by atoms with van der Waals surface area (Å²) in [6.07, 6.45) is 0. The number of ether oxygens (including phenoxy) is 2. The predicted octanol–water partition coefficient (Wildman–Crippen LogP) is 3.31. The molecule has 1 amide bonds. The molecule has 9 heteroatoms. The maximum atomic E-state index is 13.8. The molecule has 1 aromatic heterocycles. The molecule has 0 spiro atoms. The summed E-state index contributed by atoms with van der Waals surface area (Å²) in [7, 11) is 0. The molecule has 1 atom stereocenters. The zero-order valence-electron chi connectivity index (χ0n) is 14.9. The van der Waals surface area contributed by atoms with Gasteiger partial charge in [-0.1, -0.05) is 30.0 Å². The van der Waals surface area contributed by atoms with Crippen LogP contribution < -0.4 is 14.8 Å². The number of H-pyrrole nitrogens is 1. The minimum atomic E-state index is -0.384. The molecule has 0 radical (unpaired) electrons. The van der Waals surface area contributed by atoms with Crippen molar-refractivity contribution in [1.82, 2.24) is 20.5 Å². The molecule has 1 aliphatic heterocycles. The molecule has 2 aromatic carbocycles. The highest BCUT2D eigenvalue weighted by atomic mass is 32.2. The SMILES string of the molecule is C[C@@H](NC(=O)CSc1n[nH]c(-c2ccccc2F)n1)c1ccc2c(c1)OCO2. The Labute approximate surface area is 164 Å². The van der Waals surface area contributed by atoms with Crippen molar-refractivity contribution >= 4 is 17.7 Å². The molecule has 1 aliphatic rings. The van der Waals surface area contributed by atoms with Gasteiger partial charge in [-0.25, -0.2) is 9.37 Å². The number of aromatic nitrogens is 3. The van der Waals surface area contributed by atoms with E-state index in [0.29, 0.717) is 28.0 Å². The molecule has 144 valence electrons. The summed E-state index contributed by atoms with van der Waals surface area (Å²) in [5.41, 5.74) is 1.25. The van der Waals surface area contributed by atoms with E-state index in [9.17, 15) is 9.18 Å². The van der Waals surface area contributed by atoms with Crippen LogP contribution in [0.1, 0.15) is 18.5 Å². The molecule has 2 heterocycles. The Morgan fingerprint density at radius 3 is 2.96 bits per heavy atom. The number of aromatic amines is 1. The molecule has 4 rings (SSSR count). The molecule has 3 aromatic rings. The molecule has 7 nitrogen and oxygen atoms in total. The summed E-state index contributed by atoms with van der Waals surface area (Å²) in [6, 6.07) is 11.7. The summed E-state index contributed by atoms with van der Waals surface area (Å²) in [4.78, 5) is 16.5. The summed E-state index contributed by atoms with van der Waals surface area (Å²) in [5.74, 6) is 1.30. The van der Waals surface area contributed by atoms with Gasteiger partial charge in [0.05, 0.1) is 17.4 Å². The van der Waals surface area contributed by atoms with Crippen molar-refractivity contribution in [2.75, 3.05) is 12.5 Å². The zero-order valence-corrected chi connectivity index (χ0v) is 15.8. The van der Waals surface area contributed by atoms with Crippen LogP contribution in [0.3, 0.4) is 0 Å². The van der Waals surface area contributed by atoms with E-state index < -0.39 is 0 Å².